The number of benzene rings is 2. The standard InChI is InChI=1S/C34H30BrFN2O5/c35-25-16-28(40)31-24(32(25)41)15-23-21(29(31)19-6-9-27(39)26(36)14-19)7-8-22-30(23)34(43)38(33(22)42)20-10-12-37(13-11-20)17-18-4-2-1-3-5-18/h1-7,9,14,16,20,22-23,29-30,39H,8,10-13,15,17H2/t22-,23+,29-,30-/m0/s1. The number of hydrogen-bond donors (Lipinski definition) is 1. The SMILES string of the molecule is O=C1C=C(Br)C(=O)C2=C1[C@@H](c1ccc(O)c(F)c1)C1=CC[C@@H]3C(=O)N(C4CCN(Cc5ccccc5)CC4)C(=O)[C@@H]3[C@@H]1C2. The third-order valence-electron chi connectivity index (χ3n) is 9.84. The Bertz CT molecular complexity index is 1660. The molecule has 1 N–H and O–H groups in total. The van der Waals surface area contributed by atoms with Gasteiger partial charge < -0.3 is 5.11 Å². The first-order chi connectivity index (χ1) is 20.7. The van der Waals surface area contributed by atoms with Crippen LogP contribution < -0.4 is 0 Å². The second kappa shape index (κ2) is 10.8. The number of allylic oxidation sites excluding steroid dienone is 6. The lowest BCUT2D eigenvalue weighted by molar-refractivity contribution is -0.144. The first-order valence-electron chi connectivity index (χ1n) is 14.7. The summed E-state index contributed by atoms with van der Waals surface area (Å²) in [5.74, 6) is -4.82. The lowest BCUT2D eigenvalue weighted by atomic mass is 9.59. The number of phenolic OH excluding ortho intramolecular Hbond substituents is 1. The smallest absolute Gasteiger partial charge is 0.233 e. The topological polar surface area (TPSA) is 95.0 Å². The average Bonchev–Trinajstić information content (AvgIpc) is 3.26. The van der Waals surface area contributed by atoms with Crippen LogP contribution in [0.5, 0.6) is 5.75 Å². The van der Waals surface area contributed by atoms with Gasteiger partial charge in [-0.25, -0.2) is 4.39 Å². The van der Waals surface area contributed by atoms with Gasteiger partial charge in [0.15, 0.2) is 23.1 Å². The molecule has 2 aromatic rings. The van der Waals surface area contributed by atoms with E-state index in [0.29, 0.717) is 30.4 Å². The molecule has 4 atom stereocenters. The van der Waals surface area contributed by atoms with E-state index in [4.69, 9.17) is 0 Å². The van der Waals surface area contributed by atoms with Gasteiger partial charge in [-0.2, -0.15) is 0 Å². The van der Waals surface area contributed by atoms with Gasteiger partial charge in [0.25, 0.3) is 0 Å². The monoisotopic (exact) mass is 644 g/mol. The van der Waals surface area contributed by atoms with Crippen LogP contribution in [-0.4, -0.2) is 57.4 Å². The van der Waals surface area contributed by atoms with Crippen LogP contribution in [0.15, 0.2) is 81.9 Å². The number of halogens is 2. The third kappa shape index (κ3) is 4.64. The molecular formula is C34H30BrFN2O5. The first kappa shape index (κ1) is 28.1. The highest BCUT2D eigenvalue weighted by Gasteiger charge is 2.57. The van der Waals surface area contributed by atoms with E-state index >= 15 is 0 Å². The van der Waals surface area contributed by atoms with E-state index in [1.807, 2.05) is 24.3 Å². The molecule has 43 heavy (non-hydrogen) atoms. The molecule has 0 radical (unpaired) electrons. The normalized spacial score (nSPS) is 28.0. The molecule has 220 valence electrons. The molecule has 0 saturated carbocycles. The number of likely N-dealkylation sites (tertiary alicyclic amines) is 2. The number of hydrogen-bond acceptors (Lipinski definition) is 6. The molecule has 2 amide bonds. The van der Waals surface area contributed by atoms with Crippen molar-refractivity contribution in [2.24, 2.45) is 17.8 Å². The van der Waals surface area contributed by atoms with Crippen molar-refractivity contribution in [1.29, 1.82) is 0 Å². The van der Waals surface area contributed by atoms with Crippen molar-refractivity contribution in [1.82, 2.24) is 9.80 Å². The number of amides is 2. The van der Waals surface area contributed by atoms with Crippen molar-refractivity contribution < 1.29 is 28.7 Å². The Morgan fingerprint density at radius 3 is 2.42 bits per heavy atom. The second-order valence-corrected chi connectivity index (χ2v) is 13.0. The molecule has 2 fully saturated rings. The van der Waals surface area contributed by atoms with Gasteiger partial charge in [0.05, 0.1) is 16.3 Å². The minimum atomic E-state index is -0.834. The molecular weight excluding hydrogens is 615 g/mol. The maximum absolute atomic E-state index is 14.6. The van der Waals surface area contributed by atoms with Crippen molar-refractivity contribution in [3.8, 4) is 5.75 Å². The molecule has 2 aromatic carbocycles. The summed E-state index contributed by atoms with van der Waals surface area (Å²) in [4.78, 5) is 58.5. The van der Waals surface area contributed by atoms with E-state index < -0.39 is 35.2 Å². The van der Waals surface area contributed by atoms with Crippen LogP contribution in [0.4, 0.5) is 4.39 Å². The number of nitrogens with zero attached hydrogens (tertiary/aromatic N) is 2. The van der Waals surface area contributed by atoms with Crippen molar-refractivity contribution in [2.45, 2.75) is 44.2 Å². The van der Waals surface area contributed by atoms with Gasteiger partial charge in [-0.05, 0) is 70.8 Å². The number of Topliss-reactive ketones (excluding diaryl/α,β-unsaturated/α-hetero) is 1. The lowest BCUT2D eigenvalue weighted by Gasteiger charge is -2.42. The van der Waals surface area contributed by atoms with Crippen LogP contribution in [0.3, 0.4) is 0 Å². The van der Waals surface area contributed by atoms with Gasteiger partial charge in [0.1, 0.15) is 0 Å². The predicted octanol–water partition coefficient (Wildman–Crippen LogP) is 4.96. The number of piperidine rings is 1. The van der Waals surface area contributed by atoms with Gasteiger partial charge in [0.2, 0.25) is 11.8 Å². The van der Waals surface area contributed by atoms with E-state index in [1.165, 1.54) is 28.7 Å². The average molecular weight is 646 g/mol. The summed E-state index contributed by atoms with van der Waals surface area (Å²) >= 11 is 3.22. The number of ketones is 2. The molecule has 2 saturated heterocycles. The fraction of sp³-hybridized carbons (Fsp3) is 0.353. The Morgan fingerprint density at radius 2 is 1.70 bits per heavy atom. The summed E-state index contributed by atoms with van der Waals surface area (Å²) < 4.78 is 14.7. The molecule has 0 spiro atoms. The van der Waals surface area contributed by atoms with Crippen molar-refractivity contribution >= 4 is 39.3 Å². The Balaban J connectivity index is 1.19. The zero-order chi connectivity index (χ0) is 30.0. The zero-order valence-corrected chi connectivity index (χ0v) is 24.9. The summed E-state index contributed by atoms with van der Waals surface area (Å²) in [7, 11) is 0. The highest BCUT2D eigenvalue weighted by atomic mass is 79.9. The van der Waals surface area contributed by atoms with Crippen LogP contribution in [0, 0.1) is 23.6 Å². The largest absolute Gasteiger partial charge is 0.505 e. The molecule has 7 nitrogen and oxygen atoms in total. The Morgan fingerprint density at radius 1 is 0.953 bits per heavy atom. The third-order valence-corrected chi connectivity index (χ3v) is 10.4. The number of carbonyl (C=O) groups is 4. The van der Waals surface area contributed by atoms with E-state index in [-0.39, 0.29) is 45.9 Å². The highest BCUT2D eigenvalue weighted by molar-refractivity contribution is 9.12. The van der Waals surface area contributed by atoms with Crippen LogP contribution >= 0.6 is 15.9 Å². The first-order valence-corrected chi connectivity index (χ1v) is 15.5. The molecule has 0 aromatic heterocycles. The van der Waals surface area contributed by atoms with Gasteiger partial charge in [-0.1, -0.05) is 48.0 Å². The molecule has 3 aliphatic carbocycles. The predicted molar refractivity (Wildman–Crippen MR) is 159 cm³/mol. The zero-order valence-electron chi connectivity index (χ0n) is 23.3. The second-order valence-electron chi connectivity index (χ2n) is 12.1. The van der Waals surface area contributed by atoms with Gasteiger partial charge in [-0.15, -0.1) is 0 Å². The summed E-state index contributed by atoms with van der Waals surface area (Å²) in [6.07, 6.45) is 5.07. The summed E-state index contributed by atoms with van der Waals surface area (Å²) in [5, 5.41) is 9.84. The van der Waals surface area contributed by atoms with E-state index in [9.17, 15) is 28.7 Å². The molecule has 7 rings (SSSR count). The van der Waals surface area contributed by atoms with Crippen LogP contribution in [0.1, 0.15) is 42.7 Å². The van der Waals surface area contributed by atoms with Gasteiger partial charge >= 0.3 is 0 Å². The molecule has 0 unspecified atom stereocenters. The number of carbonyl (C=O) groups excluding carboxylic acids is 4. The number of imide groups is 1. The Hall–Kier alpha value is -3.69. The minimum absolute atomic E-state index is 0.143. The summed E-state index contributed by atoms with van der Waals surface area (Å²) in [6, 6.07) is 14.0. The molecule has 2 aliphatic heterocycles. The Labute approximate surface area is 256 Å². The minimum Gasteiger partial charge on any atom is -0.505 e. The number of phenols is 1. The number of aromatic hydroxyl groups is 1. The van der Waals surface area contributed by atoms with Gasteiger partial charge in [0, 0.05) is 48.8 Å². The summed E-state index contributed by atoms with van der Waals surface area (Å²) in [5.41, 5.74) is 2.99. The van der Waals surface area contributed by atoms with Crippen molar-refractivity contribution in [2.75, 3.05) is 13.1 Å². The maximum Gasteiger partial charge on any atom is 0.233 e. The van der Waals surface area contributed by atoms with Crippen LogP contribution in [-0.2, 0) is 25.7 Å². The maximum atomic E-state index is 14.6. The number of rotatable bonds is 4. The van der Waals surface area contributed by atoms with Crippen molar-refractivity contribution in [3.63, 3.8) is 0 Å². The van der Waals surface area contributed by atoms with Gasteiger partial charge in [-0.3, -0.25) is 29.0 Å². The van der Waals surface area contributed by atoms with Crippen LogP contribution in [0.2, 0.25) is 0 Å². The quantitative estimate of drug-likeness (QED) is 0.287. The van der Waals surface area contributed by atoms with E-state index in [2.05, 4.69) is 33.0 Å². The molecule has 0 bridgehead atoms. The fourth-order valence-electron chi connectivity index (χ4n) is 7.85. The fourth-order valence-corrected chi connectivity index (χ4v) is 8.30. The Kier molecular flexibility index (Phi) is 7.05. The highest BCUT2D eigenvalue weighted by Crippen LogP contribution is 2.55. The van der Waals surface area contributed by atoms with E-state index in [1.54, 1.807) is 6.07 Å². The summed E-state index contributed by atoms with van der Waals surface area (Å²) in [6.45, 7) is 2.38. The lowest BCUT2D eigenvalue weighted by Crippen LogP contribution is -2.47. The number of fused-ring (bicyclic) bond motifs is 3. The molecule has 9 heteroatoms. The van der Waals surface area contributed by atoms with Crippen LogP contribution in [0.25, 0.3) is 0 Å². The molecule has 2 heterocycles. The van der Waals surface area contributed by atoms with E-state index in [0.717, 1.165) is 25.2 Å². The van der Waals surface area contributed by atoms with Crippen molar-refractivity contribution in [3.05, 3.63) is 98.8 Å². The molecule has 5 aliphatic rings.